The fourth-order valence-corrected chi connectivity index (χ4v) is 2.30. The maximum Gasteiger partial charge on any atom is 0.255 e. The molecule has 116 valence electrons. The van der Waals surface area contributed by atoms with Crippen LogP contribution in [0.25, 0.3) is 11.3 Å². The van der Waals surface area contributed by atoms with Gasteiger partial charge in [0.15, 0.2) is 0 Å². The SMILES string of the molecule is COc1cccc(C(=O)Nc2cccc(-c3cnc(C)[nH]3)c2)c1. The minimum Gasteiger partial charge on any atom is -0.497 e. The second kappa shape index (κ2) is 6.36. The Hall–Kier alpha value is -3.08. The maximum absolute atomic E-state index is 12.3. The zero-order valence-corrected chi connectivity index (χ0v) is 13.0. The van der Waals surface area contributed by atoms with Crippen LogP contribution < -0.4 is 10.1 Å². The van der Waals surface area contributed by atoms with Crippen LogP contribution in [0.1, 0.15) is 16.2 Å². The number of hydrogen-bond acceptors (Lipinski definition) is 3. The first kappa shape index (κ1) is 14.8. The van der Waals surface area contributed by atoms with Gasteiger partial charge in [-0.05, 0) is 37.3 Å². The number of nitrogens with one attached hydrogen (secondary N) is 2. The number of methoxy groups -OCH3 is 1. The van der Waals surface area contributed by atoms with Crippen molar-refractivity contribution in [3.05, 3.63) is 66.1 Å². The Balaban J connectivity index is 1.81. The van der Waals surface area contributed by atoms with E-state index in [1.807, 2.05) is 31.2 Å². The largest absolute Gasteiger partial charge is 0.497 e. The van der Waals surface area contributed by atoms with Crippen LogP contribution in [0.4, 0.5) is 5.69 Å². The van der Waals surface area contributed by atoms with Crippen LogP contribution in [-0.4, -0.2) is 23.0 Å². The predicted octanol–water partition coefficient (Wildman–Crippen LogP) is 3.65. The van der Waals surface area contributed by atoms with Crippen molar-refractivity contribution in [3.8, 4) is 17.0 Å². The van der Waals surface area contributed by atoms with E-state index >= 15 is 0 Å². The number of H-pyrrole nitrogens is 1. The lowest BCUT2D eigenvalue weighted by Crippen LogP contribution is -2.11. The number of carbonyl (C=O) groups is 1. The van der Waals surface area contributed by atoms with E-state index in [2.05, 4.69) is 15.3 Å². The number of hydrogen-bond donors (Lipinski definition) is 2. The molecule has 1 amide bonds. The Labute approximate surface area is 134 Å². The van der Waals surface area contributed by atoms with Crippen LogP contribution in [0.15, 0.2) is 54.7 Å². The van der Waals surface area contributed by atoms with Crippen molar-refractivity contribution in [1.29, 1.82) is 0 Å². The van der Waals surface area contributed by atoms with E-state index in [1.165, 1.54) is 0 Å². The van der Waals surface area contributed by atoms with Gasteiger partial charge in [0.1, 0.15) is 11.6 Å². The topological polar surface area (TPSA) is 67.0 Å². The highest BCUT2D eigenvalue weighted by Crippen LogP contribution is 2.22. The molecule has 0 fully saturated rings. The standard InChI is InChI=1S/C18H17N3O2/c1-12-19-11-17(20-12)13-5-3-7-15(9-13)21-18(22)14-6-4-8-16(10-14)23-2/h3-11H,1-2H3,(H,19,20)(H,21,22). The van der Waals surface area contributed by atoms with Crippen molar-refractivity contribution in [2.45, 2.75) is 6.92 Å². The van der Waals surface area contributed by atoms with Crippen molar-refractivity contribution in [3.63, 3.8) is 0 Å². The van der Waals surface area contributed by atoms with Gasteiger partial charge in [-0.3, -0.25) is 4.79 Å². The molecule has 0 radical (unpaired) electrons. The average molecular weight is 307 g/mol. The fourth-order valence-electron chi connectivity index (χ4n) is 2.30. The van der Waals surface area contributed by atoms with E-state index in [1.54, 1.807) is 37.6 Å². The quantitative estimate of drug-likeness (QED) is 0.773. The van der Waals surface area contributed by atoms with E-state index in [0.717, 1.165) is 22.8 Å². The smallest absolute Gasteiger partial charge is 0.255 e. The Morgan fingerprint density at radius 3 is 2.74 bits per heavy atom. The summed E-state index contributed by atoms with van der Waals surface area (Å²) in [6.07, 6.45) is 1.78. The van der Waals surface area contributed by atoms with Gasteiger partial charge in [-0.25, -0.2) is 4.98 Å². The molecule has 23 heavy (non-hydrogen) atoms. The second-order valence-electron chi connectivity index (χ2n) is 5.15. The Kier molecular flexibility index (Phi) is 4.10. The summed E-state index contributed by atoms with van der Waals surface area (Å²) in [6, 6.07) is 14.7. The van der Waals surface area contributed by atoms with Crippen LogP contribution >= 0.6 is 0 Å². The van der Waals surface area contributed by atoms with Gasteiger partial charge in [0.05, 0.1) is 19.0 Å². The van der Waals surface area contributed by atoms with Gasteiger partial charge in [0.25, 0.3) is 5.91 Å². The molecular formula is C18H17N3O2. The first-order valence-corrected chi connectivity index (χ1v) is 7.23. The van der Waals surface area contributed by atoms with E-state index < -0.39 is 0 Å². The monoisotopic (exact) mass is 307 g/mol. The maximum atomic E-state index is 12.3. The Bertz CT molecular complexity index is 840. The minimum absolute atomic E-state index is 0.179. The molecule has 5 nitrogen and oxygen atoms in total. The molecule has 0 unspecified atom stereocenters. The summed E-state index contributed by atoms with van der Waals surface area (Å²) < 4.78 is 5.14. The summed E-state index contributed by atoms with van der Waals surface area (Å²) in [6.45, 7) is 1.90. The number of nitrogens with zero attached hydrogens (tertiary/aromatic N) is 1. The molecule has 3 aromatic rings. The van der Waals surface area contributed by atoms with E-state index in [9.17, 15) is 4.79 Å². The van der Waals surface area contributed by atoms with Crippen molar-refractivity contribution >= 4 is 11.6 Å². The molecule has 0 saturated carbocycles. The molecule has 1 heterocycles. The lowest BCUT2D eigenvalue weighted by Gasteiger charge is -2.08. The number of carbonyl (C=O) groups excluding carboxylic acids is 1. The van der Waals surface area contributed by atoms with Crippen LogP contribution in [0.3, 0.4) is 0 Å². The number of ether oxygens (including phenoxy) is 1. The third-order valence-corrected chi connectivity index (χ3v) is 3.47. The normalized spacial score (nSPS) is 10.3. The lowest BCUT2D eigenvalue weighted by atomic mass is 10.1. The molecule has 0 bridgehead atoms. The van der Waals surface area contributed by atoms with Crippen LogP contribution in [0.5, 0.6) is 5.75 Å². The molecule has 0 aliphatic heterocycles. The molecule has 0 spiro atoms. The number of anilines is 1. The molecule has 0 aliphatic carbocycles. The summed E-state index contributed by atoms with van der Waals surface area (Å²) in [5.41, 5.74) is 3.16. The van der Waals surface area contributed by atoms with Gasteiger partial charge >= 0.3 is 0 Å². The van der Waals surface area contributed by atoms with Crippen LogP contribution in [0, 0.1) is 6.92 Å². The summed E-state index contributed by atoms with van der Waals surface area (Å²) in [5.74, 6) is 1.33. The van der Waals surface area contributed by atoms with Crippen LogP contribution in [0.2, 0.25) is 0 Å². The highest BCUT2D eigenvalue weighted by atomic mass is 16.5. The Morgan fingerprint density at radius 2 is 2.00 bits per heavy atom. The van der Waals surface area contributed by atoms with Crippen molar-refractivity contribution < 1.29 is 9.53 Å². The molecule has 0 aliphatic rings. The van der Waals surface area contributed by atoms with E-state index in [4.69, 9.17) is 4.74 Å². The summed E-state index contributed by atoms with van der Waals surface area (Å²) in [7, 11) is 1.58. The molecule has 0 atom stereocenters. The van der Waals surface area contributed by atoms with Crippen LogP contribution in [-0.2, 0) is 0 Å². The number of imidazole rings is 1. The first-order valence-electron chi connectivity index (χ1n) is 7.23. The van der Waals surface area contributed by atoms with Crippen molar-refractivity contribution in [2.24, 2.45) is 0 Å². The molecule has 3 rings (SSSR count). The van der Waals surface area contributed by atoms with Gasteiger partial charge in [-0.15, -0.1) is 0 Å². The molecule has 0 saturated heterocycles. The zero-order valence-electron chi connectivity index (χ0n) is 13.0. The fraction of sp³-hybridized carbons (Fsp3) is 0.111. The Morgan fingerprint density at radius 1 is 1.17 bits per heavy atom. The summed E-state index contributed by atoms with van der Waals surface area (Å²) in [5, 5.41) is 2.90. The van der Waals surface area contributed by atoms with E-state index in [-0.39, 0.29) is 5.91 Å². The highest BCUT2D eigenvalue weighted by Gasteiger charge is 2.08. The van der Waals surface area contributed by atoms with Crippen molar-refractivity contribution in [1.82, 2.24) is 9.97 Å². The third kappa shape index (κ3) is 3.40. The van der Waals surface area contributed by atoms with Gasteiger partial charge in [-0.1, -0.05) is 18.2 Å². The number of rotatable bonds is 4. The van der Waals surface area contributed by atoms with Crippen molar-refractivity contribution in [2.75, 3.05) is 12.4 Å². The predicted molar refractivity (Wildman–Crippen MR) is 89.7 cm³/mol. The number of aromatic nitrogens is 2. The number of aryl methyl sites for hydroxylation is 1. The number of benzene rings is 2. The molecular weight excluding hydrogens is 290 g/mol. The van der Waals surface area contributed by atoms with Gasteiger partial charge in [-0.2, -0.15) is 0 Å². The number of amides is 1. The second-order valence-corrected chi connectivity index (χ2v) is 5.15. The third-order valence-electron chi connectivity index (χ3n) is 3.47. The molecule has 2 N–H and O–H groups in total. The van der Waals surface area contributed by atoms with Gasteiger partial charge in [0, 0.05) is 16.8 Å². The molecule has 5 heteroatoms. The van der Waals surface area contributed by atoms with Gasteiger partial charge < -0.3 is 15.0 Å². The first-order chi connectivity index (χ1) is 11.2. The minimum atomic E-state index is -0.179. The highest BCUT2D eigenvalue weighted by molar-refractivity contribution is 6.04. The average Bonchev–Trinajstić information content (AvgIpc) is 3.02. The lowest BCUT2D eigenvalue weighted by molar-refractivity contribution is 0.102. The summed E-state index contributed by atoms with van der Waals surface area (Å²) >= 11 is 0. The van der Waals surface area contributed by atoms with E-state index in [0.29, 0.717) is 11.3 Å². The van der Waals surface area contributed by atoms with Gasteiger partial charge in [0.2, 0.25) is 0 Å². The molecule has 1 aromatic heterocycles. The molecule has 2 aromatic carbocycles. The summed E-state index contributed by atoms with van der Waals surface area (Å²) in [4.78, 5) is 19.7. The zero-order chi connectivity index (χ0) is 16.2. The number of aromatic amines is 1.